The average molecular weight is 312 g/mol. The molecule has 0 aliphatic rings. The fourth-order valence-electron chi connectivity index (χ4n) is 2.05. The van der Waals surface area contributed by atoms with Crippen molar-refractivity contribution in [2.24, 2.45) is 0 Å². The van der Waals surface area contributed by atoms with Crippen LogP contribution in [0.15, 0.2) is 67.0 Å². The number of halogens is 1. The highest BCUT2D eigenvalue weighted by atomic mass is 35.5. The van der Waals surface area contributed by atoms with Crippen molar-refractivity contribution in [3.8, 4) is 5.69 Å². The Kier molecular flexibility index (Phi) is 4.21. The lowest BCUT2D eigenvalue weighted by Crippen LogP contribution is -2.22. The van der Waals surface area contributed by atoms with Crippen molar-refractivity contribution < 1.29 is 4.79 Å². The molecule has 1 N–H and O–H groups in total. The average Bonchev–Trinajstić information content (AvgIpc) is 3.05. The van der Waals surface area contributed by atoms with Crippen LogP contribution in [0.1, 0.15) is 15.9 Å². The number of rotatable bonds is 4. The smallest absolute Gasteiger partial charge is 0.254 e. The van der Waals surface area contributed by atoms with Crippen LogP contribution in [-0.4, -0.2) is 15.7 Å². The molecule has 1 amide bonds. The third-order valence-electron chi connectivity index (χ3n) is 3.23. The SMILES string of the molecule is O=C(NCc1ccc(Cl)cc1)c1cnn(-c2ccccc2)c1. The number of nitrogens with zero attached hydrogens (tertiary/aromatic N) is 2. The third-order valence-corrected chi connectivity index (χ3v) is 3.48. The van der Waals surface area contributed by atoms with E-state index in [2.05, 4.69) is 10.4 Å². The van der Waals surface area contributed by atoms with Crippen LogP contribution in [0.2, 0.25) is 5.02 Å². The Balaban J connectivity index is 1.66. The van der Waals surface area contributed by atoms with Crippen LogP contribution in [0.4, 0.5) is 0 Å². The number of aromatic nitrogens is 2. The Labute approximate surface area is 133 Å². The first-order chi connectivity index (χ1) is 10.7. The molecule has 0 unspecified atom stereocenters. The number of para-hydroxylation sites is 1. The monoisotopic (exact) mass is 311 g/mol. The largest absolute Gasteiger partial charge is 0.348 e. The van der Waals surface area contributed by atoms with Gasteiger partial charge in [-0.05, 0) is 29.8 Å². The Morgan fingerprint density at radius 3 is 2.55 bits per heavy atom. The van der Waals surface area contributed by atoms with Gasteiger partial charge in [0.05, 0.1) is 17.4 Å². The highest BCUT2D eigenvalue weighted by molar-refractivity contribution is 6.30. The van der Waals surface area contributed by atoms with Crippen LogP contribution in [0.25, 0.3) is 5.69 Å². The Morgan fingerprint density at radius 1 is 1.09 bits per heavy atom. The first-order valence-electron chi connectivity index (χ1n) is 6.85. The van der Waals surface area contributed by atoms with E-state index in [1.807, 2.05) is 42.5 Å². The van der Waals surface area contributed by atoms with Crippen LogP contribution < -0.4 is 5.32 Å². The molecule has 22 heavy (non-hydrogen) atoms. The van der Waals surface area contributed by atoms with Gasteiger partial charge in [0.1, 0.15) is 0 Å². The zero-order chi connectivity index (χ0) is 15.4. The fraction of sp³-hybridized carbons (Fsp3) is 0.0588. The molecule has 1 heterocycles. The summed E-state index contributed by atoms with van der Waals surface area (Å²) in [6.07, 6.45) is 3.27. The second-order valence-electron chi connectivity index (χ2n) is 4.82. The zero-order valence-electron chi connectivity index (χ0n) is 11.7. The lowest BCUT2D eigenvalue weighted by Gasteiger charge is -2.04. The van der Waals surface area contributed by atoms with E-state index in [0.717, 1.165) is 11.3 Å². The van der Waals surface area contributed by atoms with E-state index in [9.17, 15) is 4.79 Å². The molecular weight excluding hydrogens is 298 g/mol. The number of nitrogens with one attached hydrogen (secondary N) is 1. The molecule has 3 aromatic rings. The molecule has 4 nitrogen and oxygen atoms in total. The molecule has 0 aliphatic carbocycles. The summed E-state index contributed by atoms with van der Waals surface area (Å²) in [5, 5.41) is 7.76. The first-order valence-corrected chi connectivity index (χ1v) is 7.23. The van der Waals surface area contributed by atoms with Gasteiger partial charge in [0, 0.05) is 17.8 Å². The van der Waals surface area contributed by atoms with Gasteiger partial charge in [-0.3, -0.25) is 4.79 Å². The normalized spacial score (nSPS) is 10.4. The molecule has 5 heteroatoms. The van der Waals surface area contributed by atoms with Gasteiger partial charge in [0.2, 0.25) is 0 Å². The van der Waals surface area contributed by atoms with Gasteiger partial charge in [-0.25, -0.2) is 4.68 Å². The summed E-state index contributed by atoms with van der Waals surface area (Å²) < 4.78 is 1.68. The van der Waals surface area contributed by atoms with Gasteiger partial charge in [-0.2, -0.15) is 5.10 Å². The minimum atomic E-state index is -0.155. The van der Waals surface area contributed by atoms with Gasteiger partial charge in [0.25, 0.3) is 5.91 Å². The van der Waals surface area contributed by atoms with E-state index < -0.39 is 0 Å². The summed E-state index contributed by atoms with van der Waals surface area (Å²) in [7, 11) is 0. The van der Waals surface area contributed by atoms with Crippen molar-refractivity contribution in [2.75, 3.05) is 0 Å². The van der Waals surface area contributed by atoms with Gasteiger partial charge < -0.3 is 5.32 Å². The van der Waals surface area contributed by atoms with Crippen molar-refractivity contribution in [2.45, 2.75) is 6.54 Å². The van der Waals surface area contributed by atoms with E-state index in [4.69, 9.17) is 11.6 Å². The Hall–Kier alpha value is -2.59. The summed E-state index contributed by atoms with van der Waals surface area (Å²) in [5.41, 5.74) is 2.44. The van der Waals surface area contributed by atoms with Crippen LogP contribution in [0.5, 0.6) is 0 Å². The Bertz CT molecular complexity index is 766. The summed E-state index contributed by atoms with van der Waals surface area (Å²) in [5.74, 6) is -0.155. The molecule has 2 aromatic carbocycles. The Morgan fingerprint density at radius 2 is 1.82 bits per heavy atom. The van der Waals surface area contributed by atoms with Crippen LogP contribution >= 0.6 is 11.6 Å². The topological polar surface area (TPSA) is 46.9 Å². The van der Waals surface area contributed by atoms with Crippen molar-refractivity contribution in [1.29, 1.82) is 0 Å². The molecule has 0 fully saturated rings. The molecule has 110 valence electrons. The van der Waals surface area contributed by atoms with E-state index in [-0.39, 0.29) is 5.91 Å². The van der Waals surface area contributed by atoms with Gasteiger partial charge in [-0.15, -0.1) is 0 Å². The molecular formula is C17H14ClN3O. The van der Waals surface area contributed by atoms with E-state index in [0.29, 0.717) is 17.1 Å². The lowest BCUT2D eigenvalue weighted by atomic mass is 10.2. The summed E-state index contributed by atoms with van der Waals surface area (Å²) in [6, 6.07) is 17.0. The highest BCUT2D eigenvalue weighted by Gasteiger charge is 2.09. The van der Waals surface area contributed by atoms with Crippen molar-refractivity contribution in [3.63, 3.8) is 0 Å². The zero-order valence-corrected chi connectivity index (χ0v) is 12.5. The van der Waals surface area contributed by atoms with E-state index >= 15 is 0 Å². The molecule has 0 spiro atoms. The molecule has 0 saturated heterocycles. The summed E-state index contributed by atoms with van der Waals surface area (Å²) in [6.45, 7) is 0.451. The van der Waals surface area contributed by atoms with E-state index in [1.54, 1.807) is 29.2 Å². The van der Waals surface area contributed by atoms with Gasteiger partial charge in [-0.1, -0.05) is 41.9 Å². The standard InChI is InChI=1S/C17H14ClN3O/c18-15-8-6-13(7-9-15)10-19-17(22)14-11-20-21(12-14)16-4-2-1-3-5-16/h1-9,11-12H,10H2,(H,19,22). The number of carbonyl (C=O) groups is 1. The van der Waals surface area contributed by atoms with Crippen molar-refractivity contribution in [1.82, 2.24) is 15.1 Å². The maximum Gasteiger partial charge on any atom is 0.254 e. The van der Waals surface area contributed by atoms with Crippen LogP contribution in [-0.2, 0) is 6.54 Å². The number of carbonyl (C=O) groups excluding carboxylic acids is 1. The van der Waals surface area contributed by atoms with E-state index in [1.165, 1.54) is 0 Å². The third kappa shape index (κ3) is 3.35. The number of hydrogen-bond acceptors (Lipinski definition) is 2. The second-order valence-corrected chi connectivity index (χ2v) is 5.25. The lowest BCUT2D eigenvalue weighted by molar-refractivity contribution is 0.0951. The number of amides is 1. The molecule has 3 rings (SSSR count). The van der Waals surface area contributed by atoms with Crippen molar-refractivity contribution >= 4 is 17.5 Å². The number of hydrogen-bond donors (Lipinski definition) is 1. The van der Waals surface area contributed by atoms with Crippen LogP contribution in [0, 0.1) is 0 Å². The van der Waals surface area contributed by atoms with Gasteiger partial charge in [0.15, 0.2) is 0 Å². The fourth-order valence-corrected chi connectivity index (χ4v) is 2.17. The predicted molar refractivity (Wildman–Crippen MR) is 86.2 cm³/mol. The highest BCUT2D eigenvalue weighted by Crippen LogP contribution is 2.10. The quantitative estimate of drug-likeness (QED) is 0.802. The maximum atomic E-state index is 12.1. The van der Waals surface area contributed by atoms with Gasteiger partial charge >= 0.3 is 0 Å². The minimum Gasteiger partial charge on any atom is -0.348 e. The molecule has 0 atom stereocenters. The first kappa shape index (κ1) is 14.4. The van der Waals surface area contributed by atoms with Crippen LogP contribution in [0.3, 0.4) is 0 Å². The minimum absolute atomic E-state index is 0.155. The molecule has 0 saturated carbocycles. The molecule has 1 aromatic heterocycles. The number of benzene rings is 2. The second kappa shape index (κ2) is 6.45. The summed E-state index contributed by atoms with van der Waals surface area (Å²) in [4.78, 5) is 12.1. The molecule has 0 aliphatic heterocycles. The maximum absolute atomic E-state index is 12.1. The predicted octanol–water partition coefficient (Wildman–Crippen LogP) is 3.46. The summed E-state index contributed by atoms with van der Waals surface area (Å²) >= 11 is 5.83. The van der Waals surface area contributed by atoms with Crippen molar-refractivity contribution in [3.05, 3.63) is 83.1 Å². The molecule has 0 bridgehead atoms. The molecule has 0 radical (unpaired) electrons.